The summed E-state index contributed by atoms with van der Waals surface area (Å²) in [6, 6.07) is 97.1. The maximum Gasteiger partial charge on any atom is 0.252 e. The van der Waals surface area contributed by atoms with Crippen LogP contribution in [-0.2, 0) is 11.8 Å². The second kappa shape index (κ2) is 22.2. The molecule has 0 bridgehead atoms. The summed E-state index contributed by atoms with van der Waals surface area (Å²) in [6.07, 6.45) is 22.2. The summed E-state index contributed by atoms with van der Waals surface area (Å²) in [4.78, 5) is 8.06. The van der Waals surface area contributed by atoms with Gasteiger partial charge in [-0.1, -0.05) is 233 Å². The van der Waals surface area contributed by atoms with Crippen molar-refractivity contribution in [3.05, 3.63) is 324 Å². The molecule has 0 saturated heterocycles. The van der Waals surface area contributed by atoms with Gasteiger partial charge in [-0.2, -0.15) is 0 Å². The van der Waals surface area contributed by atoms with Crippen molar-refractivity contribution < 1.29 is 0 Å². The predicted molar refractivity (Wildman–Crippen MR) is 394 cm³/mol. The molecule has 2 aromatic heterocycles. The largest absolute Gasteiger partial charge is 0.314 e. The summed E-state index contributed by atoms with van der Waals surface area (Å²) in [5, 5.41) is 3.81. The molecule has 0 spiro atoms. The van der Waals surface area contributed by atoms with Crippen molar-refractivity contribution in [2.45, 2.75) is 70.6 Å². The fourth-order valence-electron chi connectivity index (χ4n) is 17.1. The number of aromatic nitrogens is 2. The van der Waals surface area contributed by atoms with Crippen LogP contribution in [0.2, 0.25) is 0 Å². The van der Waals surface area contributed by atoms with Crippen LogP contribution in [0.1, 0.15) is 92.3 Å². The molecule has 5 nitrogen and oxygen atoms in total. The van der Waals surface area contributed by atoms with Crippen LogP contribution in [0.3, 0.4) is 0 Å². The summed E-state index contributed by atoms with van der Waals surface area (Å²) in [7, 11) is 0. The molecule has 4 heterocycles. The van der Waals surface area contributed by atoms with E-state index in [0.29, 0.717) is 0 Å². The Balaban J connectivity index is 1.01. The minimum absolute atomic E-state index is 0.160. The van der Waals surface area contributed by atoms with Gasteiger partial charge in [-0.15, -0.1) is 0 Å². The fraction of sp³-hybridized carbons (Fsp3) is 0.126. The summed E-state index contributed by atoms with van der Waals surface area (Å²) in [6.45, 7) is 4.51. The van der Waals surface area contributed by atoms with E-state index in [4.69, 9.17) is 0 Å². The second-order valence-electron chi connectivity index (χ2n) is 25.7. The number of benzene rings is 11. The zero-order valence-corrected chi connectivity index (χ0v) is 52.7. The average molecular weight is 1200 g/mol. The molecular weight excluding hydrogens is 1130 g/mol. The Morgan fingerprint density at radius 2 is 1.12 bits per heavy atom. The molecule has 5 aliphatic rings. The van der Waals surface area contributed by atoms with Gasteiger partial charge in [-0.05, 0) is 168 Å². The number of allylic oxidation sites excluding steroid dienone is 7. The zero-order valence-electron chi connectivity index (χ0n) is 52.7. The lowest BCUT2D eigenvalue weighted by Gasteiger charge is -2.45. The van der Waals surface area contributed by atoms with Crippen molar-refractivity contribution >= 4 is 113 Å². The van der Waals surface area contributed by atoms with Gasteiger partial charge in [-0.25, -0.2) is 0 Å². The van der Waals surface area contributed by atoms with Crippen LogP contribution in [-0.4, -0.2) is 15.8 Å². The van der Waals surface area contributed by atoms with Gasteiger partial charge in [-0.3, -0.25) is 0 Å². The van der Waals surface area contributed by atoms with E-state index in [1.807, 2.05) is 0 Å². The molecule has 18 rings (SSSR count). The smallest absolute Gasteiger partial charge is 0.252 e. The highest BCUT2D eigenvalue weighted by atomic mass is 15.2. The molecule has 0 amide bonds. The average Bonchev–Trinajstić information content (AvgIpc) is 1.66. The molecule has 0 N–H and O–H groups in total. The Morgan fingerprint density at radius 3 is 1.76 bits per heavy atom. The predicted octanol–water partition coefficient (Wildman–Crippen LogP) is 21.0. The van der Waals surface area contributed by atoms with Gasteiger partial charge in [0.25, 0.3) is 6.71 Å². The number of hydrogen-bond donors (Lipinski definition) is 0. The Kier molecular flexibility index (Phi) is 13.2. The van der Waals surface area contributed by atoms with Crippen molar-refractivity contribution in [2.24, 2.45) is 0 Å². The summed E-state index contributed by atoms with van der Waals surface area (Å²) in [5.41, 5.74) is 30.4. The lowest BCUT2D eigenvalue weighted by molar-refractivity contribution is 0.768. The highest BCUT2D eigenvalue weighted by molar-refractivity contribution is 7.01. The quantitative estimate of drug-likeness (QED) is 0.114. The summed E-state index contributed by atoms with van der Waals surface area (Å²) < 4.78 is 5.16. The monoisotopic (exact) mass is 1200 g/mol. The number of para-hydroxylation sites is 4. The highest BCUT2D eigenvalue weighted by Gasteiger charge is 2.49. The van der Waals surface area contributed by atoms with Crippen LogP contribution in [0.5, 0.6) is 0 Å². The third-order valence-electron chi connectivity index (χ3n) is 20.8. The van der Waals surface area contributed by atoms with E-state index in [0.717, 1.165) is 68.4 Å². The van der Waals surface area contributed by atoms with E-state index in [2.05, 4.69) is 329 Å². The van der Waals surface area contributed by atoms with Crippen molar-refractivity contribution in [3.8, 4) is 16.8 Å². The molecule has 0 saturated carbocycles. The Morgan fingerprint density at radius 1 is 0.527 bits per heavy atom. The first-order valence-electron chi connectivity index (χ1n) is 33.7. The van der Waals surface area contributed by atoms with Crippen molar-refractivity contribution in [2.75, 3.05) is 14.7 Å². The SMILES string of the molecule is CCC/C=C(\CC)N(c1cc2c3c(c1)N(c1ccccc1)c1c(ccc4c1c1ccccc1n4C1=CC=CCC1)B3c1ccc3c(c4c(n3-c3ccccc3)CCCC=C4)c1N2c1ccccc1)c1cccc2c1-c1ccccc1C2(c1ccccc1)c1ccccc1. The van der Waals surface area contributed by atoms with Gasteiger partial charge in [0.15, 0.2) is 0 Å². The molecule has 6 heteroatoms. The van der Waals surface area contributed by atoms with Crippen LogP contribution in [0.15, 0.2) is 291 Å². The molecule has 0 atom stereocenters. The highest BCUT2D eigenvalue weighted by Crippen LogP contribution is 2.60. The first-order chi connectivity index (χ1) is 46.1. The van der Waals surface area contributed by atoms with Gasteiger partial charge in [0.1, 0.15) is 0 Å². The van der Waals surface area contributed by atoms with Gasteiger partial charge in [0.2, 0.25) is 0 Å². The Labute approximate surface area is 545 Å². The Hall–Kier alpha value is -10.8. The van der Waals surface area contributed by atoms with E-state index >= 15 is 0 Å². The van der Waals surface area contributed by atoms with E-state index in [1.54, 1.807) is 0 Å². The number of anilines is 8. The maximum absolute atomic E-state index is 2.69. The summed E-state index contributed by atoms with van der Waals surface area (Å²) in [5.74, 6) is 0. The van der Waals surface area contributed by atoms with Gasteiger partial charge < -0.3 is 23.8 Å². The molecule has 2 aliphatic heterocycles. The first kappa shape index (κ1) is 55.1. The van der Waals surface area contributed by atoms with Crippen molar-refractivity contribution in [1.82, 2.24) is 9.13 Å². The van der Waals surface area contributed by atoms with Crippen molar-refractivity contribution in [3.63, 3.8) is 0 Å². The van der Waals surface area contributed by atoms with Crippen molar-refractivity contribution in [1.29, 1.82) is 0 Å². The standard InChI is InChI=1S/C87H70BN5/c1-3-5-36-61(4-2)89(76-52-31-49-71-81(76)67-45-27-29-48-70(67)87(71,59-32-13-6-14-33-59)60-34-15-7-16-35-60)66-57-79-84-80(58-66)93(65-43-23-11-24-44-65)86-73(54-56-78-83(86)69-47-28-30-51-75(69)91(78)63-39-19-9-20-40-63)88(84)72-53-55-77-82(85(72)92(79)64-41-21-10-22-42-64)68-46-25-12-26-50-74(68)90(77)62-37-17-8-18-38-62/h6-11,13-19,21-25,27-39,41-49,51-58H,3-5,12,20,26,40,50H2,1-2H3/b61-36+. The molecule has 3 aliphatic carbocycles. The number of unbranched alkanes of at least 4 members (excludes halogenated alkanes) is 1. The molecular formula is C87H70BN5. The number of rotatable bonds is 12. The maximum atomic E-state index is 2.69. The second-order valence-corrected chi connectivity index (χ2v) is 25.7. The van der Waals surface area contributed by atoms with E-state index in [9.17, 15) is 0 Å². The molecule has 11 aromatic carbocycles. The van der Waals surface area contributed by atoms with Gasteiger partial charge in [0.05, 0.1) is 39.0 Å². The first-order valence-corrected chi connectivity index (χ1v) is 33.7. The third-order valence-corrected chi connectivity index (χ3v) is 20.8. The number of hydrogen-bond acceptors (Lipinski definition) is 3. The lowest BCUT2D eigenvalue weighted by atomic mass is 9.33. The van der Waals surface area contributed by atoms with Gasteiger partial charge in [0, 0.05) is 78.5 Å². The third kappa shape index (κ3) is 8.20. The van der Waals surface area contributed by atoms with Crippen LogP contribution in [0.4, 0.5) is 45.5 Å². The fourth-order valence-corrected chi connectivity index (χ4v) is 17.1. The number of fused-ring (bicyclic) bond motifs is 15. The molecule has 0 unspecified atom stereocenters. The molecule has 0 radical (unpaired) electrons. The molecule has 446 valence electrons. The van der Waals surface area contributed by atoms with Gasteiger partial charge >= 0.3 is 0 Å². The summed E-state index contributed by atoms with van der Waals surface area (Å²) >= 11 is 0. The topological polar surface area (TPSA) is 19.6 Å². The van der Waals surface area contributed by atoms with E-state index in [-0.39, 0.29) is 6.71 Å². The van der Waals surface area contributed by atoms with E-state index in [1.165, 1.54) is 139 Å². The zero-order chi connectivity index (χ0) is 61.7. The minimum atomic E-state index is -0.588. The van der Waals surface area contributed by atoms with E-state index < -0.39 is 5.41 Å². The van der Waals surface area contributed by atoms with Crippen LogP contribution in [0, 0.1) is 0 Å². The molecule has 0 fully saturated rings. The minimum Gasteiger partial charge on any atom is -0.314 e. The Bertz CT molecular complexity index is 5210. The van der Waals surface area contributed by atoms with Crippen LogP contribution < -0.4 is 31.1 Å². The lowest BCUT2D eigenvalue weighted by Crippen LogP contribution is -2.61. The normalized spacial score (nSPS) is 15.0. The van der Waals surface area contributed by atoms with Crippen LogP contribution in [0.25, 0.3) is 61.3 Å². The molecule has 93 heavy (non-hydrogen) atoms. The number of nitrogens with zero attached hydrogens (tertiary/aromatic N) is 5. The van der Waals surface area contributed by atoms with Crippen LogP contribution >= 0.6 is 0 Å². The molecule has 13 aromatic rings.